The second-order valence-corrected chi connectivity index (χ2v) is 20.6. The second kappa shape index (κ2) is 20.5. The van der Waals surface area contributed by atoms with Crippen molar-refractivity contribution in [1.29, 1.82) is 10.5 Å². The molecular formula is C72H52N6. The number of hydrogen-bond acceptors (Lipinski definition) is 6. The highest BCUT2D eigenvalue weighted by atomic mass is 15.2. The molecule has 6 nitrogen and oxygen atoms in total. The van der Waals surface area contributed by atoms with Crippen LogP contribution >= 0.6 is 0 Å². The van der Waals surface area contributed by atoms with E-state index in [-0.39, 0.29) is 12.1 Å². The van der Waals surface area contributed by atoms with Crippen molar-refractivity contribution < 1.29 is 0 Å². The first kappa shape index (κ1) is 47.6. The average molecular weight is 1000 g/mol. The van der Waals surface area contributed by atoms with Crippen LogP contribution in [0.3, 0.4) is 0 Å². The van der Waals surface area contributed by atoms with Gasteiger partial charge in [-0.25, -0.2) is 9.97 Å². The molecule has 0 aliphatic carbocycles. The quantitative estimate of drug-likeness (QED) is 0.108. The molecule has 1 unspecified atom stereocenters. The molecule has 6 heteroatoms. The van der Waals surface area contributed by atoms with Crippen LogP contribution in [0, 0.1) is 22.7 Å². The largest absolute Gasteiger partial charge is 0.346 e. The summed E-state index contributed by atoms with van der Waals surface area (Å²) >= 11 is 0. The van der Waals surface area contributed by atoms with Crippen molar-refractivity contribution in [2.75, 3.05) is 9.80 Å². The molecule has 1 aromatic heterocycles. The number of aromatic nitrogens is 2. The third-order valence-electron chi connectivity index (χ3n) is 15.4. The van der Waals surface area contributed by atoms with Crippen LogP contribution < -0.4 is 9.80 Å². The summed E-state index contributed by atoms with van der Waals surface area (Å²) in [5.74, 6) is 0.885. The third kappa shape index (κ3) is 9.38. The van der Waals surface area contributed by atoms with E-state index in [1.807, 2.05) is 12.1 Å². The Balaban J connectivity index is 1.08. The lowest BCUT2D eigenvalue weighted by atomic mass is 9.73. The Labute approximate surface area is 454 Å². The minimum atomic E-state index is -1.44. The summed E-state index contributed by atoms with van der Waals surface area (Å²) in [4.78, 5) is 15.9. The normalized spacial score (nSPS) is 12.2. The highest BCUT2D eigenvalue weighted by molar-refractivity contribution is 5.88. The maximum Gasteiger partial charge on any atom is 0.185 e. The molecule has 1 atom stereocenters. The first-order valence-electron chi connectivity index (χ1n) is 26.6. The van der Waals surface area contributed by atoms with E-state index in [2.05, 4.69) is 265 Å². The van der Waals surface area contributed by atoms with Crippen molar-refractivity contribution in [3.05, 3.63) is 300 Å². The number of anilines is 2. The monoisotopic (exact) mass is 1000 g/mol. The third-order valence-corrected chi connectivity index (χ3v) is 15.4. The lowest BCUT2D eigenvalue weighted by molar-refractivity contribution is 0.613. The molecule has 0 bridgehead atoms. The summed E-state index contributed by atoms with van der Waals surface area (Å²) in [5, 5.41) is 37.6. The Morgan fingerprint density at radius 3 is 0.987 bits per heavy atom. The molecule has 0 saturated heterocycles. The van der Waals surface area contributed by atoms with E-state index in [9.17, 15) is 10.5 Å². The van der Waals surface area contributed by atoms with Crippen molar-refractivity contribution in [2.45, 2.75) is 38.0 Å². The van der Waals surface area contributed by atoms with Gasteiger partial charge in [0.05, 0.1) is 6.07 Å². The van der Waals surface area contributed by atoms with Crippen molar-refractivity contribution in [3.8, 4) is 12.1 Å². The molecular weight excluding hydrogens is 949 g/mol. The van der Waals surface area contributed by atoms with E-state index < -0.39 is 5.41 Å². The standard InChI is InChI=1S/C72H52N6/c73-44-68-70(77(45-51-26-31-56-14-2-8-20-62(56)38-51)46-52-27-32-57-15-3-9-21-63(57)39-52)76-69(72(49-74,67-36-35-60-18-6-12-24-66(60)42-67)43-50-25-30-55-13-1-7-19-61(55)37-50)71(75-68)78(47-53-28-33-58-16-4-10-22-64(58)40-53)48-54-29-34-59-17-5-11-23-65(59)41-54/h1-42H,43,45-48H2. The Bertz CT molecular complexity index is 4350. The smallest absolute Gasteiger partial charge is 0.185 e. The molecule has 12 aromatic carbocycles. The van der Waals surface area contributed by atoms with E-state index >= 15 is 0 Å². The Morgan fingerprint density at radius 2 is 0.628 bits per heavy atom. The van der Waals surface area contributed by atoms with Gasteiger partial charge in [-0.05, 0) is 128 Å². The SMILES string of the molecule is N#Cc1nc(N(Cc2ccc3ccccc3c2)Cc2ccc3ccccc3c2)c(C(C#N)(Cc2ccc3ccccc3c2)c2ccc3ccccc3c2)nc1N(Cc1ccc2ccccc2c1)Cc1ccc2ccccc2c1. The second-order valence-electron chi connectivity index (χ2n) is 20.6. The Hall–Kier alpha value is -10.1. The average Bonchev–Trinajstić information content (AvgIpc) is 3.63. The van der Waals surface area contributed by atoms with Crippen LogP contribution in [0.4, 0.5) is 11.6 Å². The predicted octanol–water partition coefficient (Wildman–Crippen LogP) is 16.7. The summed E-state index contributed by atoms with van der Waals surface area (Å²) in [6.07, 6.45) is 0.273. The fourth-order valence-electron chi connectivity index (χ4n) is 11.5. The van der Waals surface area contributed by atoms with Gasteiger partial charge in [-0.15, -0.1) is 0 Å². The van der Waals surface area contributed by atoms with Gasteiger partial charge in [0.15, 0.2) is 17.3 Å². The van der Waals surface area contributed by atoms with Crippen molar-refractivity contribution in [1.82, 2.24) is 9.97 Å². The molecule has 370 valence electrons. The topological polar surface area (TPSA) is 79.8 Å². The maximum atomic E-state index is 12.6. The van der Waals surface area contributed by atoms with Gasteiger partial charge in [0.2, 0.25) is 0 Å². The molecule has 0 aliphatic rings. The summed E-state index contributed by atoms with van der Waals surface area (Å²) in [6.45, 7) is 1.66. The summed E-state index contributed by atoms with van der Waals surface area (Å²) in [7, 11) is 0. The van der Waals surface area contributed by atoms with E-state index in [1.54, 1.807) is 0 Å². The minimum absolute atomic E-state index is 0.174. The number of benzene rings is 12. The molecule has 0 radical (unpaired) electrons. The first-order valence-corrected chi connectivity index (χ1v) is 26.6. The van der Waals surface area contributed by atoms with Gasteiger partial charge >= 0.3 is 0 Å². The zero-order valence-electron chi connectivity index (χ0n) is 43.0. The molecule has 0 fully saturated rings. The van der Waals surface area contributed by atoms with Crippen molar-refractivity contribution in [3.63, 3.8) is 0 Å². The van der Waals surface area contributed by atoms with E-state index in [0.29, 0.717) is 43.5 Å². The van der Waals surface area contributed by atoms with Crippen LogP contribution in [0.5, 0.6) is 0 Å². The Morgan fingerprint density at radius 1 is 0.321 bits per heavy atom. The van der Waals surface area contributed by atoms with Gasteiger partial charge in [0, 0.05) is 32.6 Å². The minimum Gasteiger partial charge on any atom is -0.346 e. The molecule has 0 spiro atoms. The lowest BCUT2D eigenvalue weighted by Gasteiger charge is -2.35. The number of hydrogen-bond donors (Lipinski definition) is 0. The Kier molecular flexibility index (Phi) is 12.5. The molecule has 1 heterocycles. The molecule has 0 amide bonds. The van der Waals surface area contributed by atoms with Crippen LogP contribution in [0.1, 0.15) is 44.8 Å². The summed E-state index contributed by atoms with van der Waals surface area (Å²) in [5.41, 5.74) is 5.19. The summed E-state index contributed by atoms with van der Waals surface area (Å²) in [6, 6.07) is 94.9. The molecule has 0 saturated carbocycles. The molecule has 13 rings (SSSR count). The van der Waals surface area contributed by atoms with E-state index in [1.165, 1.54) is 0 Å². The van der Waals surface area contributed by atoms with Crippen LogP contribution in [-0.2, 0) is 38.0 Å². The van der Waals surface area contributed by atoms with Crippen molar-refractivity contribution >= 4 is 76.3 Å². The zero-order valence-corrected chi connectivity index (χ0v) is 43.0. The number of nitriles is 2. The van der Waals surface area contributed by atoms with Gasteiger partial charge < -0.3 is 9.80 Å². The number of rotatable bonds is 14. The fraction of sp³-hybridized carbons (Fsp3) is 0.0833. The molecule has 78 heavy (non-hydrogen) atoms. The predicted molar refractivity (Wildman–Crippen MR) is 320 cm³/mol. The van der Waals surface area contributed by atoms with E-state index in [0.717, 1.165) is 98.0 Å². The van der Waals surface area contributed by atoms with Crippen LogP contribution in [0.25, 0.3) is 64.6 Å². The molecule has 0 N–H and O–H groups in total. The van der Waals surface area contributed by atoms with Crippen LogP contribution in [0.2, 0.25) is 0 Å². The molecule has 0 aliphatic heterocycles. The number of nitrogens with zero attached hydrogens (tertiary/aromatic N) is 6. The van der Waals surface area contributed by atoms with E-state index in [4.69, 9.17) is 9.97 Å². The highest BCUT2D eigenvalue weighted by Crippen LogP contribution is 2.43. The first-order chi connectivity index (χ1) is 38.4. The lowest BCUT2D eigenvalue weighted by Crippen LogP contribution is -2.36. The van der Waals surface area contributed by atoms with Gasteiger partial charge in [0.25, 0.3) is 0 Å². The maximum absolute atomic E-state index is 12.6. The van der Waals surface area contributed by atoms with Crippen molar-refractivity contribution in [2.24, 2.45) is 0 Å². The molecule has 13 aromatic rings. The van der Waals surface area contributed by atoms with Crippen LogP contribution in [0.15, 0.2) is 255 Å². The zero-order chi connectivity index (χ0) is 52.4. The van der Waals surface area contributed by atoms with Gasteiger partial charge in [-0.1, -0.05) is 224 Å². The summed E-state index contributed by atoms with van der Waals surface area (Å²) < 4.78 is 0. The number of fused-ring (bicyclic) bond motifs is 6. The van der Waals surface area contributed by atoms with Gasteiger partial charge in [-0.2, -0.15) is 10.5 Å². The highest BCUT2D eigenvalue weighted by Gasteiger charge is 2.42. The van der Waals surface area contributed by atoms with Crippen LogP contribution in [-0.4, -0.2) is 9.97 Å². The fourth-order valence-corrected chi connectivity index (χ4v) is 11.5. The van der Waals surface area contributed by atoms with Gasteiger partial charge in [0.1, 0.15) is 17.2 Å². The van der Waals surface area contributed by atoms with Gasteiger partial charge in [-0.3, -0.25) is 0 Å².